The van der Waals surface area contributed by atoms with E-state index >= 15 is 0 Å². The minimum Gasteiger partial charge on any atom is -0.370 e. The number of nitrogens with two attached hydrogens (primary N) is 9. The third kappa shape index (κ3) is 46.3. The van der Waals surface area contributed by atoms with Gasteiger partial charge in [0.25, 0.3) is 0 Å². The lowest BCUT2D eigenvalue weighted by atomic mass is 10.0. The highest BCUT2D eigenvalue weighted by atomic mass is 28.3. The first-order chi connectivity index (χ1) is 68.6. The summed E-state index contributed by atoms with van der Waals surface area (Å²) in [5.74, 6) is -11.6. The van der Waals surface area contributed by atoms with Crippen molar-refractivity contribution in [2.45, 2.75) is 325 Å². The van der Waals surface area contributed by atoms with Gasteiger partial charge in [0.15, 0.2) is 35.8 Å². The Balaban J connectivity index is 1.76. The van der Waals surface area contributed by atoms with Gasteiger partial charge in [-0.2, -0.15) is 0 Å². The molecule has 52 heteroatoms. The number of benzene rings is 1. The van der Waals surface area contributed by atoms with Crippen LogP contribution < -0.4 is 152 Å². The predicted octanol–water partition coefficient (Wildman–Crippen LogP) is -6.04. The number of hydrogen-bond acceptors (Lipinski definition) is 24. The van der Waals surface area contributed by atoms with Crippen LogP contribution in [0, 0.1) is 50.2 Å². The normalized spacial score (nSPS) is 17.3. The number of guanidine groups is 6. The minimum atomic E-state index is -3.03. The maximum atomic E-state index is 14.9. The fraction of sp³-hybridized carbons (Fsp3) is 0.710. The molecule has 1 aromatic carbocycles. The molecule has 0 aromatic heterocycles. The van der Waals surface area contributed by atoms with Crippen molar-refractivity contribution in [2.24, 2.45) is 69.4 Å². The van der Waals surface area contributed by atoms with Crippen LogP contribution in [0.25, 0.3) is 0 Å². The second kappa shape index (κ2) is 65.4. The van der Waals surface area contributed by atoms with Gasteiger partial charge in [0.1, 0.15) is 72.5 Å². The summed E-state index contributed by atoms with van der Waals surface area (Å²) in [7, 11) is -3.03. The van der Waals surface area contributed by atoms with Crippen molar-refractivity contribution in [1.29, 1.82) is 32.5 Å². The minimum absolute atomic E-state index is 0.0363. The summed E-state index contributed by atoms with van der Waals surface area (Å²) < 4.78 is 0. The fourth-order valence-corrected chi connectivity index (χ4v) is 22.9. The molecule has 3 aliphatic rings. The molecule has 15 amide bonds. The Kier molecular flexibility index (Phi) is 56.0. The van der Waals surface area contributed by atoms with E-state index in [1.54, 1.807) is 0 Å². The molecule has 0 radical (unpaired) electrons. The Morgan fingerprint density at radius 1 is 0.290 bits per heavy atom. The van der Waals surface area contributed by atoms with E-state index in [1.807, 2.05) is 71.9 Å². The van der Waals surface area contributed by atoms with Crippen LogP contribution in [0.1, 0.15) is 216 Å². The average molecular weight is 2060 g/mol. The topological polar surface area (TPSA) is 860 Å². The van der Waals surface area contributed by atoms with Crippen LogP contribution in [-0.4, -0.2) is 316 Å². The summed E-state index contributed by atoms with van der Waals surface area (Å²) in [6.45, 7) is 17.0. The van der Waals surface area contributed by atoms with Crippen molar-refractivity contribution in [3.05, 3.63) is 30.3 Å². The van der Waals surface area contributed by atoms with Crippen LogP contribution in [0.2, 0.25) is 18.1 Å². The third-order valence-corrected chi connectivity index (χ3v) is 30.7. The smallest absolute Gasteiger partial charge is 0.245 e. The van der Waals surface area contributed by atoms with E-state index in [2.05, 4.69) is 95.7 Å². The van der Waals surface area contributed by atoms with Crippen LogP contribution in [0.4, 0.5) is 0 Å². The van der Waals surface area contributed by atoms with E-state index in [4.69, 9.17) is 84.1 Å². The van der Waals surface area contributed by atoms with Gasteiger partial charge in [0, 0.05) is 78.5 Å². The third-order valence-electron chi connectivity index (χ3n) is 25.2. The standard InChI is InChI=1S/C93H170N36O15Si/c1-54(2)51-67(124-79(136)64(118-73(130)57(7)94)30-16-39-115-91(103)104)85(142)127-45-19-33-70(127)82(139)121-61(27-13-36-112-88(97)98)76(133)109-42-22-48-145(60-25-11-10-12-26-60,49-23-43-110-77(134)62(28-14-37-113-89(99)100)122-83(140)71-34-20-46-128(71)86(143)68(52-55(3)4)125-80(137)65(119-74(131)58(8)95)31-17-40-116-92(105)106)50-24-44-111-78(135)63(29-15-38-114-90(101)102)123-84(141)72-35-21-47-129(72)87(144)69(53-56(5)6)126-81(138)66(120-75(132)59(9)96)32-18-41-117-93(107)108/h10-12,25-26,54-59,61-72H,13-24,27-53,94-96H2,1-9H3,(H,109,133)(H,110,134)(H,111,135)(H,118,130)(H,119,131)(H,120,132)(H,121,139)(H,122,140)(H,123,141)(H,124,136)(H,125,137)(H,126,138)(H4,97,98,112)(H4,99,100,113)(H4,101,102,114)(H4,103,104,115)(H4,105,106,116)(H4,107,108,117)/t57-,58-,59-,61-,62-,63-,64-,65-,66-,67-,68-,69-,70-,71-,72-/m0/s1. The Bertz CT molecular complexity index is 4040. The molecule has 3 aliphatic heterocycles. The number of rotatable bonds is 67. The molecule has 0 bridgehead atoms. The van der Waals surface area contributed by atoms with Crippen molar-refractivity contribution in [1.82, 2.24) is 110 Å². The first-order valence-electron chi connectivity index (χ1n) is 50.8. The van der Waals surface area contributed by atoms with Gasteiger partial charge in [-0.25, -0.2) is 0 Å². The zero-order valence-corrected chi connectivity index (χ0v) is 87.0. The molecule has 0 saturated carbocycles. The molecule has 4 rings (SSSR count). The zero-order valence-electron chi connectivity index (χ0n) is 86.0. The Hall–Kier alpha value is -13.0. The summed E-state index contributed by atoms with van der Waals surface area (Å²) in [6, 6.07) is -5.71. The van der Waals surface area contributed by atoms with Gasteiger partial charge in [0.2, 0.25) is 88.6 Å². The highest BCUT2D eigenvalue weighted by molar-refractivity contribution is 6.92. The van der Waals surface area contributed by atoms with E-state index in [0.29, 0.717) is 56.7 Å². The molecular weight excluding hydrogens is 1890 g/mol. The van der Waals surface area contributed by atoms with E-state index < -0.39 is 187 Å². The second-order valence-electron chi connectivity index (χ2n) is 39.1. The van der Waals surface area contributed by atoms with Crippen LogP contribution in [-0.2, 0) is 71.9 Å². The lowest BCUT2D eigenvalue weighted by molar-refractivity contribution is -0.143. The number of likely N-dealkylation sites (tertiary alicyclic amines) is 3. The molecule has 0 unspecified atom stereocenters. The SMILES string of the molecule is CC(C)C[C@H](NC(=O)[C@H](CCCNC(=N)N)NC(=O)[C@H](C)N)C(=O)N1CCC[C@H]1C(=O)N[C@@H](CCCNC(=N)N)C(=O)NCCC[Si](CCCNC(=O)[C@H](CCCNC(=N)N)NC(=O)[C@@H]1CCCN1C(=O)[C@H](CC(C)C)NC(=O)[C@H](CCCNC(=N)N)NC(=O)[C@H](C)N)(CCCNC(=O)[C@H](CCCNC(=N)N)NC(=O)[C@@H]1CCCN1C(=O)[C@H](CC(C)C)NC(=O)[C@H](CCCNC(=N)N)NC(=O)[C@H](C)N)c1ccccc1. The largest absolute Gasteiger partial charge is 0.370 e. The van der Waals surface area contributed by atoms with Gasteiger partial charge in [0.05, 0.1) is 26.2 Å². The van der Waals surface area contributed by atoms with Crippen LogP contribution in [0.15, 0.2) is 30.3 Å². The summed E-state index contributed by atoms with van der Waals surface area (Å²) in [6.07, 6.45) is 5.09. The van der Waals surface area contributed by atoms with Gasteiger partial charge in [-0.3, -0.25) is 104 Å². The van der Waals surface area contributed by atoms with Crippen molar-refractivity contribution < 1.29 is 71.9 Å². The van der Waals surface area contributed by atoms with Crippen LogP contribution >= 0.6 is 0 Å². The lowest BCUT2D eigenvalue weighted by Gasteiger charge is -2.34. The molecule has 3 saturated heterocycles. The number of carbonyl (C=O) groups is 15. The highest BCUT2D eigenvalue weighted by Crippen LogP contribution is 2.29. The van der Waals surface area contributed by atoms with E-state index in [0.717, 1.165) is 5.19 Å². The highest BCUT2D eigenvalue weighted by Gasteiger charge is 2.45. The molecule has 15 atom stereocenters. The maximum Gasteiger partial charge on any atom is 0.245 e. The molecule has 1 aromatic rings. The monoisotopic (exact) mass is 2060 g/mol. The summed E-state index contributed by atoms with van der Waals surface area (Å²) in [5.41, 5.74) is 51.1. The van der Waals surface area contributed by atoms with Gasteiger partial charge in [-0.1, -0.05) is 95.2 Å². The average Bonchev–Trinajstić information content (AvgIpc) is 1.75. The molecule has 42 N–H and O–H groups in total. The summed E-state index contributed by atoms with van der Waals surface area (Å²) in [4.78, 5) is 219. The van der Waals surface area contributed by atoms with Gasteiger partial charge >= 0.3 is 0 Å². The fourth-order valence-electron chi connectivity index (χ4n) is 17.8. The number of hydrogen-bond donors (Lipinski definition) is 33. The van der Waals surface area contributed by atoms with Gasteiger partial charge in [-0.15, -0.1) is 0 Å². The van der Waals surface area contributed by atoms with Crippen molar-refractivity contribution in [3.8, 4) is 0 Å². The first-order valence-corrected chi connectivity index (χ1v) is 53.5. The molecule has 0 aliphatic carbocycles. The van der Waals surface area contributed by atoms with Gasteiger partial charge < -0.3 is 162 Å². The molecule has 145 heavy (non-hydrogen) atoms. The first kappa shape index (κ1) is 124. The second-order valence-corrected chi connectivity index (χ2v) is 43.7. The molecule has 51 nitrogen and oxygen atoms in total. The van der Waals surface area contributed by atoms with Gasteiger partial charge in [-0.05, 0) is 193 Å². The number of nitrogens with zero attached hydrogens (tertiary/aromatic N) is 3. The molecule has 0 spiro atoms. The van der Waals surface area contributed by atoms with E-state index in [9.17, 15) is 71.9 Å². The summed E-state index contributed by atoms with van der Waals surface area (Å²) >= 11 is 0. The molecular formula is C93H170N36O15Si. The lowest BCUT2D eigenvalue weighted by Crippen LogP contribution is -2.58. The van der Waals surface area contributed by atoms with Crippen LogP contribution in [0.3, 0.4) is 0 Å². The van der Waals surface area contributed by atoms with E-state index in [-0.39, 0.29) is 248 Å². The van der Waals surface area contributed by atoms with E-state index in [1.165, 1.54) is 35.5 Å². The maximum absolute atomic E-state index is 14.9. The molecule has 3 fully saturated rings. The Labute approximate surface area is 851 Å². The quantitative estimate of drug-likeness (QED) is 0.0125. The number of nitrogens with one attached hydrogen (secondary N) is 24. The van der Waals surface area contributed by atoms with Crippen molar-refractivity contribution in [3.63, 3.8) is 0 Å². The summed E-state index contributed by atoms with van der Waals surface area (Å²) in [5, 5.41) is 97.8. The van der Waals surface area contributed by atoms with Crippen molar-refractivity contribution >= 4 is 138 Å². The molecule has 3 heterocycles. The Morgan fingerprint density at radius 2 is 0.497 bits per heavy atom. The number of amides is 15. The predicted molar refractivity (Wildman–Crippen MR) is 555 cm³/mol. The van der Waals surface area contributed by atoms with Crippen molar-refractivity contribution in [2.75, 3.05) is 78.5 Å². The molecule has 816 valence electrons. The zero-order chi connectivity index (χ0) is 108. The van der Waals surface area contributed by atoms with Crippen LogP contribution in [0.5, 0.6) is 0 Å². The Morgan fingerprint density at radius 3 is 0.703 bits per heavy atom. The number of carbonyl (C=O) groups excluding carboxylic acids is 15.